The van der Waals surface area contributed by atoms with Gasteiger partial charge < -0.3 is 15.3 Å². The van der Waals surface area contributed by atoms with Crippen LogP contribution in [0.1, 0.15) is 23.1 Å². The minimum atomic E-state index is -0.497. The molecule has 0 saturated carbocycles. The standard InChI is InChI=1S/C23H24Cl2N2O3/c1-15-4-2-5-17(12-15)9-11-27-14-18(21(28)23(27)30)22(29)26-10-3-6-16-7-8-19(24)20(25)13-16/h2,4-5,7-8,12-13,28H,3,6,9-11,14H2,1H3,(H,26,29). The average Bonchev–Trinajstić information content (AvgIpc) is 3.00. The number of benzene rings is 2. The van der Waals surface area contributed by atoms with Gasteiger partial charge in [0, 0.05) is 13.1 Å². The maximum atomic E-state index is 12.4. The monoisotopic (exact) mass is 446 g/mol. The second-order valence-electron chi connectivity index (χ2n) is 7.40. The summed E-state index contributed by atoms with van der Waals surface area (Å²) in [6, 6.07) is 13.5. The molecule has 0 aliphatic carbocycles. The quantitative estimate of drug-likeness (QED) is 0.595. The molecule has 0 spiro atoms. The van der Waals surface area contributed by atoms with E-state index in [-0.39, 0.29) is 12.1 Å². The van der Waals surface area contributed by atoms with Crippen LogP contribution < -0.4 is 5.32 Å². The molecule has 0 bridgehead atoms. The summed E-state index contributed by atoms with van der Waals surface area (Å²) in [5.41, 5.74) is 3.42. The highest BCUT2D eigenvalue weighted by molar-refractivity contribution is 6.42. The number of hydrogen-bond donors (Lipinski definition) is 2. The summed E-state index contributed by atoms with van der Waals surface area (Å²) in [6.45, 7) is 3.00. The van der Waals surface area contributed by atoms with Crippen LogP contribution in [0.5, 0.6) is 0 Å². The second-order valence-corrected chi connectivity index (χ2v) is 8.22. The minimum Gasteiger partial charge on any atom is -0.503 e. The van der Waals surface area contributed by atoms with Crippen molar-refractivity contribution in [2.45, 2.75) is 26.2 Å². The lowest BCUT2D eigenvalue weighted by molar-refractivity contribution is -0.127. The van der Waals surface area contributed by atoms with Gasteiger partial charge >= 0.3 is 0 Å². The van der Waals surface area contributed by atoms with E-state index in [1.165, 1.54) is 4.90 Å². The smallest absolute Gasteiger partial charge is 0.289 e. The Morgan fingerprint density at radius 2 is 1.87 bits per heavy atom. The van der Waals surface area contributed by atoms with Gasteiger partial charge in [-0.1, -0.05) is 59.1 Å². The second kappa shape index (κ2) is 10.0. The molecule has 3 rings (SSSR count). The van der Waals surface area contributed by atoms with E-state index in [1.54, 1.807) is 6.07 Å². The van der Waals surface area contributed by atoms with Crippen LogP contribution in [0.25, 0.3) is 0 Å². The predicted octanol–water partition coefficient (Wildman–Crippen LogP) is 4.25. The number of nitrogens with zero attached hydrogens (tertiary/aromatic N) is 1. The highest BCUT2D eigenvalue weighted by atomic mass is 35.5. The van der Waals surface area contributed by atoms with Crippen molar-refractivity contribution in [3.8, 4) is 0 Å². The van der Waals surface area contributed by atoms with Gasteiger partial charge in [0.15, 0.2) is 5.76 Å². The van der Waals surface area contributed by atoms with Gasteiger partial charge in [0.05, 0.1) is 22.2 Å². The van der Waals surface area contributed by atoms with E-state index in [4.69, 9.17) is 23.2 Å². The molecule has 158 valence electrons. The van der Waals surface area contributed by atoms with E-state index in [2.05, 4.69) is 11.4 Å². The summed E-state index contributed by atoms with van der Waals surface area (Å²) in [5, 5.41) is 13.9. The number of carbonyl (C=O) groups is 2. The molecule has 2 aromatic carbocycles. The van der Waals surface area contributed by atoms with E-state index < -0.39 is 17.6 Å². The molecule has 2 aromatic rings. The van der Waals surface area contributed by atoms with E-state index >= 15 is 0 Å². The molecule has 1 aliphatic rings. The largest absolute Gasteiger partial charge is 0.503 e. The van der Waals surface area contributed by atoms with Gasteiger partial charge in [-0.2, -0.15) is 0 Å². The third-order valence-corrected chi connectivity index (χ3v) is 5.80. The number of amides is 2. The number of aliphatic hydroxyl groups excluding tert-OH is 1. The molecule has 0 radical (unpaired) electrons. The Balaban J connectivity index is 1.47. The summed E-state index contributed by atoms with van der Waals surface area (Å²) in [6.07, 6.45) is 2.09. The van der Waals surface area contributed by atoms with Crippen molar-refractivity contribution >= 4 is 35.0 Å². The number of nitrogens with one attached hydrogen (secondary N) is 1. The third kappa shape index (κ3) is 5.55. The maximum absolute atomic E-state index is 12.4. The van der Waals surface area contributed by atoms with Crippen molar-refractivity contribution in [2.75, 3.05) is 19.6 Å². The van der Waals surface area contributed by atoms with Crippen molar-refractivity contribution in [2.24, 2.45) is 0 Å². The topological polar surface area (TPSA) is 69.6 Å². The zero-order valence-electron chi connectivity index (χ0n) is 16.8. The number of halogens is 2. The summed E-state index contributed by atoms with van der Waals surface area (Å²) < 4.78 is 0. The molecule has 7 heteroatoms. The van der Waals surface area contributed by atoms with Crippen molar-refractivity contribution in [1.29, 1.82) is 0 Å². The summed E-state index contributed by atoms with van der Waals surface area (Å²) in [5.74, 6) is -1.36. The molecule has 0 saturated heterocycles. The molecule has 2 N–H and O–H groups in total. The lowest BCUT2D eigenvalue weighted by atomic mass is 10.1. The number of carbonyl (C=O) groups excluding carboxylic acids is 2. The first kappa shape index (κ1) is 22.2. The molecule has 1 heterocycles. The average molecular weight is 447 g/mol. The molecule has 0 atom stereocenters. The van der Waals surface area contributed by atoms with Gasteiger partial charge in [0.2, 0.25) is 0 Å². The Bertz CT molecular complexity index is 988. The fourth-order valence-corrected chi connectivity index (χ4v) is 3.73. The molecule has 30 heavy (non-hydrogen) atoms. The van der Waals surface area contributed by atoms with Crippen LogP contribution in [-0.2, 0) is 22.4 Å². The zero-order valence-corrected chi connectivity index (χ0v) is 18.3. The number of aliphatic hydroxyl groups is 1. The van der Waals surface area contributed by atoms with Crippen LogP contribution in [0.2, 0.25) is 10.0 Å². The van der Waals surface area contributed by atoms with Crippen LogP contribution in [-0.4, -0.2) is 41.5 Å². The fraction of sp³-hybridized carbons (Fsp3) is 0.304. The zero-order chi connectivity index (χ0) is 21.7. The Labute approximate surface area is 186 Å². The fourth-order valence-electron chi connectivity index (χ4n) is 3.40. The third-order valence-electron chi connectivity index (χ3n) is 5.06. The lowest BCUT2D eigenvalue weighted by Gasteiger charge is -2.16. The number of hydrogen-bond acceptors (Lipinski definition) is 3. The Kier molecular flexibility index (Phi) is 7.40. The first-order chi connectivity index (χ1) is 14.3. The molecule has 0 aromatic heterocycles. The number of aryl methyl sites for hydroxylation is 2. The molecule has 0 unspecified atom stereocenters. The molecule has 0 fully saturated rings. The molecule has 5 nitrogen and oxygen atoms in total. The first-order valence-corrected chi connectivity index (χ1v) is 10.6. The van der Waals surface area contributed by atoms with Crippen LogP contribution in [0.4, 0.5) is 0 Å². The van der Waals surface area contributed by atoms with Gasteiger partial charge in [-0.3, -0.25) is 9.59 Å². The highest BCUT2D eigenvalue weighted by Crippen LogP contribution is 2.23. The summed E-state index contributed by atoms with van der Waals surface area (Å²) >= 11 is 11.9. The minimum absolute atomic E-state index is 0.120. The molecule has 2 amide bonds. The lowest BCUT2D eigenvalue weighted by Crippen LogP contribution is -2.32. The van der Waals surface area contributed by atoms with Gasteiger partial charge in [0.25, 0.3) is 11.8 Å². The first-order valence-electron chi connectivity index (χ1n) is 9.84. The van der Waals surface area contributed by atoms with E-state index in [0.29, 0.717) is 36.0 Å². The van der Waals surface area contributed by atoms with Crippen LogP contribution in [0, 0.1) is 6.92 Å². The SMILES string of the molecule is Cc1cccc(CCN2CC(C(=O)NCCCc3ccc(Cl)c(Cl)c3)=C(O)C2=O)c1. The van der Waals surface area contributed by atoms with Crippen molar-refractivity contribution in [3.63, 3.8) is 0 Å². The van der Waals surface area contributed by atoms with Gasteiger partial charge in [-0.25, -0.2) is 0 Å². The predicted molar refractivity (Wildman–Crippen MR) is 119 cm³/mol. The van der Waals surface area contributed by atoms with E-state index in [9.17, 15) is 14.7 Å². The Morgan fingerprint density at radius 1 is 1.10 bits per heavy atom. The summed E-state index contributed by atoms with van der Waals surface area (Å²) in [4.78, 5) is 26.2. The van der Waals surface area contributed by atoms with Gasteiger partial charge in [-0.05, 0) is 49.4 Å². The molecule has 1 aliphatic heterocycles. The Morgan fingerprint density at radius 3 is 2.60 bits per heavy atom. The van der Waals surface area contributed by atoms with Crippen LogP contribution in [0.15, 0.2) is 53.8 Å². The van der Waals surface area contributed by atoms with Crippen molar-refractivity contribution in [1.82, 2.24) is 10.2 Å². The Hall–Kier alpha value is -2.50. The van der Waals surface area contributed by atoms with Crippen molar-refractivity contribution in [3.05, 3.63) is 80.5 Å². The van der Waals surface area contributed by atoms with Crippen LogP contribution >= 0.6 is 23.2 Å². The van der Waals surface area contributed by atoms with Crippen molar-refractivity contribution < 1.29 is 14.7 Å². The van der Waals surface area contributed by atoms with Gasteiger partial charge in [-0.15, -0.1) is 0 Å². The summed E-state index contributed by atoms with van der Waals surface area (Å²) in [7, 11) is 0. The molecular formula is C23H24Cl2N2O3. The molecular weight excluding hydrogens is 423 g/mol. The van der Waals surface area contributed by atoms with E-state index in [0.717, 1.165) is 23.1 Å². The maximum Gasteiger partial charge on any atom is 0.289 e. The normalized spacial score (nSPS) is 13.8. The van der Waals surface area contributed by atoms with Crippen LogP contribution in [0.3, 0.4) is 0 Å². The number of rotatable bonds is 8. The highest BCUT2D eigenvalue weighted by Gasteiger charge is 2.33. The van der Waals surface area contributed by atoms with E-state index in [1.807, 2.05) is 37.3 Å². The van der Waals surface area contributed by atoms with Gasteiger partial charge in [0.1, 0.15) is 0 Å².